The van der Waals surface area contributed by atoms with Gasteiger partial charge in [0.1, 0.15) is 11.1 Å². The molecule has 1 heterocycles. The second kappa shape index (κ2) is 4.41. The van der Waals surface area contributed by atoms with Gasteiger partial charge in [0.05, 0.1) is 0 Å². The highest BCUT2D eigenvalue weighted by molar-refractivity contribution is 5.90. The van der Waals surface area contributed by atoms with E-state index in [1.54, 1.807) is 20.8 Å². The van der Waals surface area contributed by atoms with E-state index in [1.807, 2.05) is 0 Å². The predicted molar refractivity (Wildman–Crippen MR) is 60.3 cm³/mol. The van der Waals surface area contributed by atoms with Crippen molar-refractivity contribution in [3.05, 3.63) is 0 Å². The number of amides is 1. The van der Waals surface area contributed by atoms with Crippen LogP contribution >= 0.6 is 0 Å². The SMILES string of the molecule is CC(=O)[C@@]1(NC(=O)OC(C)(C)C)CCNC1. The van der Waals surface area contributed by atoms with E-state index < -0.39 is 17.2 Å². The number of rotatable bonds is 2. The predicted octanol–water partition coefficient (Wildman–Crippen LogP) is 0.832. The number of ether oxygens (including phenoxy) is 1. The van der Waals surface area contributed by atoms with Crippen molar-refractivity contribution in [2.24, 2.45) is 0 Å². The molecule has 16 heavy (non-hydrogen) atoms. The maximum Gasteiger partial charge on any atom is 0.408 e. The molecule has 1 atom stereocenters. The van der Waals surface area contributed by atoms with E-state index >= 15 is 0 Å². The summed E-state index contributed by atoms with van der Waals surface area (Å²) in [5.41, 5.74) is -1.34. The smallest absolute Gasteiger partial charge is 0.408 e. The van der Waals surface area contributed by atoms with Crippen LogP contribution in [0.5, 0.6) is 0 Å². The zero-order chi connectivity index (χ0) is 12.4. The number of nitrogens with one attached hydrogen (secondary N) is 2. The quantitative estimate of drug-likeness (QED) is 0.734. The molecule has 92 valence electrons. The number of carbonyl (C=O) groups excluding carboxylic acids is 2. The third-order valence-electron chi connectivity index (χ3n) is 2.57. The van der Waals surface area contributed by atoms with Gasteiger partial charge in [0, 0.05) is 6.54 Å². The van der Waals surface area contributed by atoms with Crippen LogP contribution in [0, 0.1) is 0 Å². The Labute approximate surface area is 95.9 Å². The Bertz CT molecular complexity index is 288. The normalized spacial score (nSPS) is 25.2. The lowest BCUT2D eigenvalue weighted by Crippen LogP contribution is -2.56. The van der Waals surface area contributed by atoms with E-state index in [0.717, 1.165) is 6.54 Å². The molecule has 0 saturated carbocycles. The molecular weight excluding hydrogens is 208 g/mol. The van der Waals surface area contributed by atoms with Crippen LogP contribution in [0.25, 0.3) is 0 Å². The lowest BCUT2D eigenvalue weighted by atomic mass is 9.94. The Morgan fingerprint density at radius 1 is 1.38 bits per heavy atom. The summed E-state index contributed by atoms with van der Waals surface area (Å²) < 4.78 is 5.14. The van der Waals surface area contributed by atoms with E-state index in [0.29, 0.717) is 13.0 Å². The topological polar surface area (TPSA) is 67.4 Å². The first kappa shape index (κ1) is 13.0. The van der Waals surface area contributed by atoms with Gasteiger partial charge in [-0.15, -0.1) is 0 Å². The van der Waals surface area contributed by atoms with Gasteiger partial charge in [-0.3, -0.25) is 4.79 Å². The van der Waals surface area contributed by atoms with E-state index in [-0.39, 0.29) is 5.78 Å². The minimum Gasteiger partial charge on any atom is -0.444 e. The average Bonchev–Trinajstić information content (AvgIpc) is 2.49. The first-order valence-corrected chi connectivity index (χ1v) is 5.48. The second-order valence-corrected chi connectivity index (χ2v) is 5.19. The van der Waals surface area contributed by atoms with Crippen LogP contribution in [0.15, 0.2) is 0 Å². The fourth-order valence-electron chi connectivity index (χ4n) is 1.69. The van der Waals surface area contributed by atoms with Crippen molar-refractivity contribution in [3.63, 3.8) is 0 Å². The summed E-state index contributed by atoms with van der Waals surface area (Å²) >= 11 is 0. The summed E-state index contributed by atoms with van der Waals surface area (Å²) in [5.74, 6) is -0.0386. The van der Waals surface area contributed by atoms with Crippen LogP contribution in [0.3, 0.4) is 0 Å². The van der Waals surface area contributed by atoms with Crippen LogP contribution in [-0.2, 0) is 9.53 Å². The number of alkyl carbamates (subject to hydrolysis) is 1. The minimum atomic E-state index is -0.789. The number of ketones is 1. The molecule has 0 aromatic heterocycles. The van der Waals surface area contributed by atoms with Crippen molar-refractivity contribution in [1.29, 1.82) is 0 Å². The molecule has 1 aliphatic heterocycles. The van der Waals surface area contributed by atoms with E-state index in [2.05, 4.69) is 10.6 Å². The maximum absolute atomic E-state index is 11.6. The number of Topliss-reactive ketones (excluding diaryl/α,β-unsaturated/α-hetero) is 1. The molecule has 1 aliphatic rings. The van der Waals surface area contributed by atoms with Crippen molar-refractivity contribution in [2.75, 3.05) is 13.1 Å². The standard InChI is InChI=1S/C11H20N2O3/c1-8(14)11(5-6-12-7-11)13-9(15)16-10(2,3)4/h12H,5-7H2,1-4H3,(H,13,15)/t11-/m1/s1. The largest absolute Gasteiger partial charge is 0.444 e. The summed E-state index contributed by atoms with van der Waals surface area (Å²) in [7, 11) is 0. The molecule has 1 fully saturated rings. The first-order chi connectivity index (χ1) is 7.25. The maximum atomic E-state index is 11.6. The highest BCUT2D eigenvalue weighted by atomic mass is 16.6. The zero-order valence-corrected chi connectivity index (χ0v) is 10.3. The molecule has 2 N–H and O–H groups in total. The lowest BCUT2D eigenvalue weighted by Gasteiger charge is -2.28. The number of hydrogen-bond donors (Lipinski definition) is 2. The Hall–Kier alpha value is -1.10. The number of hydrogen-bond acceptors (Lipinski definition) is 4. The average molecular weight is 228 g/mol. The van der Waals surface area contributed by atoms with Crippen molar-refractivity contribution >= 4 is 11.9 Å². The highest BCUT2D eigenvalue weighted by Gasteiger charge is 2.40. The van der Waals surface area contributed by atoms with Crippen molar-refractivity contribution in [2.45, 2.75) is 45.3 Å². The molecular formula is C11H20N2O3. The Balaban J connectivity index is 2.63. The highest BCUT2D eigenvalue weighted by Crippen LogP contribution is 2.17. The van der Waals surface area contributed by atoms with Gasteiger partial charge < -0.3 is 15.4 Å². The summed E-state index contributed by atoms with van der Waals surface area (Å²) in [6.07, 6.45) is 0.0769. The molecule has 1 amide bonds. The molecule has 0 aromatic carbocycles. The van der Waals surface area contributed by atoms with Crippen LogP contribution in [0.2, 0.25) is 0 Å². The fourth-order valence-corrected chi connectivity index (χ4v) is 1.69. The minimum absolute atomic E-state index is 0.0386. The van der Waals surface area contributed by atoms with E-state index in [1.165, 1.54) is 6.92 Å². The van der Waals surface area contributed by atoms with Crippen LogP contribution in [0.4, 0.5) is 4.79 Å². The van der Waals surface area contributed by atoms with Crippen molar-refractivity contribution < 1.29 is 14.3 Å². The summed E-state index contributed by atoms with van der Waals surface area (Å²) in [6.45, 7) is 8.07. The Kier molecular flexibility index (Phi) is 3.57. The third-order valence-corrected chi connectivity index (χ3v) is 2.57. The van der Waals surface area contributed by atoms with Crippen LogP contribution in [0.1, 0.15) is 34.1 Å². The Morgan fingerprint density at radius 2 is 2.00 bits per heavy atom. The van der Waals surface area contributed by atoms with E-state index in [4.69, 9.17) is 4.74 Å². The summed E-state index contributed by atoms with van der Waals surface area (Å²) in [6, 6.07) is 0. The number of carbonyl (C=O) groups is 2. The van der Waals surface area contributed by atoms with Gasteiger partial charge in [0.15, 0.2) is 5.78 Å². The molecule has 0 unspecified atom stereocenters. The molecule has 5 nitrogen and oxygen atoms in total. The van der Waals surface area contributed by atoms with Crippen LogP contribution in [-0.4, -0.2) is 36.1 Å². The fraction of sp³-hybridized carbons (Fsp3) is 0.818. The van der Waals surface area contributed by atoms with Crippen molar-refractivity contribution in [3.8, 4) is 0 Å². The van der Waals surface area contributed by atoms with Gasteiger partial charge in [0.2, 0.25) is 0 Å². The summed E-state index contributed by atoms with van der Waals surface area (Å²) in [4.78, 5) is 23.2. The molecule has 0 bridgehead atoms. The van der Waals surface area contributed by atoms with Gasteiger partial charge in [0.25, 0.3) is 0 Å². The van der Waals surface area contributed by atoms with Crippen molar-refractivity contribution in [1.82, 2.24) is 10.6 Å². The molecule has 0 radical (unpaired) electrons. The first-order valence-electron chi connectivity index (χ1n) is 5.48. The molecule has 5 heteroatoms. The molecule has 0 spiro atoms. The Morgan fingerprint density at radius 3 is 2.38 bits per heavy atom. The third kappa shape index (κ3) is 3.20. The van der Waals surface area contributed by atoms with Gasteiger partial charge in [-0.2, -0.15) is 0 Å². The molecule has 0 aliphatic carbocycles. The molecule has 1 saturated heterocycles. The zero-order valence-electron chi connectivity index (χ0n) is 10.3. The monoisotopic (exact) mass is 228 g/mol. The molecule has 0 aromatic rings. The van der Waals surface area contributed by atoms with Gasteiger partial charge in [-0.25, -0.2) is 4.79 Å². The molecule has 1 rings (SSSR count). The second-order valence-electron chi connectivity index (χ2n) is 5.19. The lowest BCUT2D eigenvalue weighted by molar-refractivity contribution is -0.122. The van der Waals surface area contributed by atoms with Gasteiger partial charge in [-0.05, 0) is 40.7 Å². The van der Waals surface area contributed by atoms with Gasteiger partial charge >= 0.3 is 6.09 Å². The van der Waals surface area contributed by atoms with E-state index in [9.17, 15) is 9.59 Å². The van der Waals surface area contributed by atoms with Gasteiger partial charge in [-0.1, -0.05) is 0 Å². The van der Waals surface area contributed by atoms with Crippen LogP contribution < -0.4 is 10.6 Å². The summed E-state index contributed by atoms with van der Waals surface area (Å²) in [5, 5.41) is 5.75.